The highest BCUT2D eigenvalue weighted by Gasteiger charge is 2.32. The van der Waals surface area contributed by atoms with E-state index in [9.17, 15) is 14.7 Å². The van der Waals surface area contributed by atoms with Crippen LogP contribution in [0.2, 0.25) is 0 Å². The molecule has 0 saturated carbocycles. The Morgan fingerprint density at radius 2 is 1.98 bits per heavy atom. The van der Waals surface area contributed by atoms with Gasteiger partial charge < -0.3 is 30.1 Å². The smallest absolute Gasteiger partial charge is 0.326 e. The third-order valence-corrected chi connectivity index (χ3v) is 7.75. The van der Waals surface area contributed by atoms with Crippen LogP contribution in [0.3, 0.4) is 0 Å². The highest BCUT2D eigenvalue weighted by Crippen LogP contribution is 2.20. The number of nitrogens with one attached hydrogen (secondary N) is 2. The first kappa shape index (κ1) is 31.4. The first-order valence-electron chi connectivity index (χ1n) is 15.1. The third kappa shape index (κ3) is 9.25. The molecule has 0 bridgehead atoms. The number of nitrogens with zero attached hydrogens (tertiary/aromatic N) is 5. The number of carbonyl (C=O) groups is 2. The van der Waals surface area contributed by atoms with Gasteiger partial charge in [0.05, 0.1) is 25.3 Å². The highest BCUT2D eigenvalue weighted by molar-refractivity contribution is 5.83. The molecule has 42 heavy (non-hydrogen) atoms. The Labute approximate surface area is 248 Å². The number of anilines is 1. The Kier molecular flexibility index (Phi) is 11.7. The van der Waals surface area contributed by atoms with Crippen molar-refractivity contribution >= 4 is 17.8 Å². The fourth-order valence-electron chi connectivity index (χ4n) is 5.48. The Morgan fingerprint density at radius 3 is 2.74 bits per heavy atom. The zero-order valence-corrected chi connectivity index (χ0v) is 25.1. The molecule has 2 aliphatic rings. The van der Waals surface area contributed by atoms with E-state index < -0.39 is 12.0 Å². The first-order chi connectivity index (χ1) is 20.3. The number of carboxylic acids is 1. The number of carbonyl (C=O) groups excluding carboxylic acids is 1. The SMILES string of the molecule is Cc1nccc(OCCN(CCCCc2ccc3c(n2)NCCC3)CC[C@H](NC(=O)N2[C@H](C)COC[C@@H]2C)C(=O)O)n1. The lowest BCUT2D eigenvalue weighted by Gasteiger charge is -2.39. The Balaban J connectivity index is 1.31. The molecule has 1 saturated heterocycles. The second kappa shape index (κ2) is 15.6. The number of aliphatic carboxylic acids is 1. The number of hydrogen-bond donors (Lipinski definition) is 3. The van der Waals surface area contributed by atoms with Crippen LogP contribution in [0.1, 0.15) is 56.6 Å². The Hall–Kier alpha value is -3.51. The van der Waals surface area contributed by atoms with E-state index in [0.29, 0.717) is 44.6 Å². The number of aromatic nitrogens is 3. The molecule has 2 aromatic heterocycles. The van der Waals surface area contributed by atoms with Crippen molar-refractivity contribution in [3.05, 3.63) is 41.5 Å². The van der Waals surface area contributed by atoms with Gasteiger partial charge in [0.15, 0.2) is 0 Å². The van der Waals surface area contributed by atoms with Crippen LogP contribution < -0.4 is 15.4 Å². The van der Waals surface area contributed by atoms with Crippen LogP contribution in [-0.4, -0.2) is 106 Å². The third-order valence-electron chi connectivity index (χ3n) is 7.75. The van der Waals surface area contributed by atoms with Crippen molar-refractivity contribution in [2.45, 2.75) is 77.4 Å². The van der Waals surface area contributed by atoms with Gasteiger partial charge in [-0.15, -0.1) is 0 Å². The maximum Gasteiger partial charge on any atom is 0.326 e. The quantitative estimate of drug-likeness (QED) is 0.284. The molecule has 12 nitrogen and oxygen atoms in total. The molecule has 230 valence electrons. The lowest BCUT2D eigenvalue weighted by molar-refractivity contribution is -0.139. The van der Waals surface area contributed by atoms with E-state index in [4.69, 9.17) is 14.5 Å². The standard InChI is InChI=1S/C30H45N7O5/c1-21-19-41-20-22(2)37(21)30(40)35-26(29(38)39)12-16-36(17-18-42-27-11-14-31-23(3)33-27)15-5-4-8-25-10-9-24-7-6-13-32-28(24)34-25/h9-11,14,21-22,26H,4-8,12-13,15-20H2,1-3H3,(H,32,34)(H,35,40)(H,38,39)/t21-,22+,26-/m0/s1. The number of unbranched alkanes of at least 4 members (excludes halogenated alkanes) is 1. The predicted molar refractivity (Wildman–Crippen MR) is 159 cm³/mol. The van der Waals surface area contributed by atoms with Crippen LogP contribution in [0.15, 0.2) is 24.4 Å². The Morgan fingerprint density at radius 1 is 1.17 bits per heavy atom. The van der Waals surface area contributed by atoms with Crippen LogP contribution in [0.4, 0.5) is 10.6 Å². The molecule has 4 heterocycles. The molecule has 3 atom stereocenters. The average molecular weight is 584 g/mol. The fourth-order valence-corrected chi connectivity index (χ4v) is 5.48. The fraction of sp³-hybridized carbons (Fsp3) is 0.633. The van der Waals surface area contributed by atoms with Gasteiger partial charge in [-0.2, -0.15) is 4.98 Å². The minimum absolute atomic E-state index is 0.123. The number of ether oxygens (including phenoxy) is 2. The minimum atomic E-state index is -1.04. The summed E-state index contributed by atoms with van der Waals surface area (Å²) in [7, 11) is 0. The van der Waals surface area contributed by atoms with Crippen molar-refractivity contribution < 1.29 is 24.2 Å². The Bertz CT molecular complexity index is 1170. The molecule has 3 N–H and O–H groups in total. The number of fused-ring (bicyclic) bond motifs is 1. The van der Waals surface area contributed by atoms with Crippen molar-refractivity contribution in [1.82, 2.24) is 30.1 Å². The average Bonchev–Trinajstić information content (AvgIpc) is 2.96. The molecule has 0 aliphatic carbocycles. The maximum atomic E-state index is 13.0. The number of carboxylic acid groups (broad SMARTS) is 1. The van der Waals surface area contributed by atoms with Gasteiger partial charge in [-0.25, -0.2) is 19.6 Å². The number of aryl methyl sites for hydroxylation is 3. The summed E-state index contributed by atoms with van der Waals surface area (Å²) in [6.07, 6.45) is 6.91. The van der Waals surface area contributed by atoms with E-state index in [1.807, 2.05) is 20.8 Å². The largest absolute Gasteiger partial charge is 0.480 e. The van der Waals surface area contributed by atoms with Gasteiger partial charge in [0.25, 0.3) is 0 Å². The van der Waals surface area contributed by atoms with Crippen molar-refractivity contribution in [1.29, 1.82) is 0 Å². The van der Waals surface area contributed by atoms with Gasteiger partial charge in [0.1, 0.15) is 24.3 Å². The summed E-state index contributed by atoms with van der Waals surface area (Å²) in [5, 5.41) is 16.1. The molecule has 12 heteroatoms. The van der Waals surface area contributed by atoms with Crippen LogP contribution in [0.25, 0.3) is 0 Å². The predicted octanol–water partition coefficient (Wildman–Crippen LogP) is 2.90. The summed E-state index contributed by atoms with van der Waals surface area (Å²) in [5.74, 6) is 1.12. The second-order valence-electron chi connectivity index (χ2n) is 11.2. The van der Waals surface area contributed by atoms with Crippen molar-refractivity contribution in [3.63, 3.8) is 0 Å². The van der Waals surface area contributed by atoms with E-state index >= 15 is 0 Å². The molecule has 2 aromatic rings. The van der Waals surface area contributed by atoms with Crippen molar-refractivity contribution in [3.8, 4) is 5.88 Å². The zero-order chi connectivity index (χ0) is 29.9. The molecule has 0 unspecified atom stereocenters. The van der Waals surface area contributed by atoms with Gasteiger partial charge in [-0.05, 0) is 77.5 Å². The number of morpholine rings is 1. The van der Waals surface area contributed by atoms with Crippen molar-refractivity contribution in [2.75, 3.05) is 51.3 Å². The van der Waals surface area contributed by atoms with E-state index in [-0.39, 0.29) is 24.5 Å². The molecule has 4 rings (SSSR count). The monoisotopic (exact) mass is 583 g/mol. The van der Waals surface area contributed by atoms with Gasteiger partial charge >= 0.3 is 12.0 Å². The van der Waals surface area contributed by atoms with E-state index in [1.165, 1.54) is 5.56 Å². The number of amides is 2. The van der Waals surface area contributed by atoms with Crippen LogP contribution >= 0.6 is 0 Å². The van der Waals surface area contributed by atoms with E-state index in [2.05, 4.69) is 37.6 Å². The van der Waals surface area contributed by atoms with Crippen LogP contribution in [0, 0.1) is 6.92 Å². The number of hydrogen-bond acceptors (Lipinski definition) is 9. The summed E-state index contributed by atoms with van der Waals surface area (Å²) >= 11 is 0. The second-order valence-corrected chi connectivity index (χ2v) is 11.2. The molecular formula is C30H45N7O5. The van der Waals surface area contributed by atoms with Gasteiger partial charge in [0, 0.05) is 37.6 Å². The first-order valence-corrected chi connectivity index (χ1v) is 15.1. The van der Waals surface area contributed by atoms with E-state index in [0.717, 1.165) is 56.7 Å². The highest BCUT2D eigenvalue weighted by atomic mass is 16.5. The summed E-state index contributed by atoms with van der Waals surface area (Å²) in [6, 6.07) is 4.41. The number of pyridine rings is 1. The molecule has 2 amide bonds. The summed E-state index contributed by atoms with van der Waals surface area (Å²) in [6.45, 7) is 9.74. The molecule has 2 aliphatic heterocycles. The summed E-state index contributed by atoms with van der Waals surface area (Å²) < 4.78 is 11.4. The molecule has 0 spiro atoms. The lowest BCUT2D eigenvalue weighted by atomic mass is 10.1. The summed E-state index contributed by atoms with van der Waals surface area (Å²) in [5.41, 5.74) is 2.37. The molecule has 0 aromatic carbocycles. The van der Waals surface area contributed by atoms with Crippen LogP contribution in [-0.2, 0) is 22.4 Å². The van der Waals surface area contributed by atoms with Crippen molar-refractivity contribution in [2.24, 2.45) is 0 Å². The lowest BCUT2D eigenvalue weighted by Crippen LogP contribution is -2.58. The number of rotatable bonds is 14. The summed E-state index contributed by atoms with van der Waals surface area (Å²) in [4.78, 5) is 42.2. The number of urea groups is 1. The zero-order valence-electron chi connectivity index (χ0n) is 25.1. The van der Waals surface area contributed by atoms with E-state index in [1.54, 1.807) is 17.2 Å². The molecule has 1 fully saturated rings. The maximum absolute atomic E-state index is 13.0. The van der Waals surface area contributed by atoms with Crippen LogP contribution in [0.5, 0.6) is 5.88 Å². The van der Waals surface area contributed by atoms with Gasteiger partial charge in [-0.3, -0.25) is 4.90 Å². The topological polar surface area (TPSA) is 142 Å². The normalized spacial score (nSPS) is 19.1. The minimum Gasteiger partial charge on any atom is -0.480 e. The van der Waals surface area contributed by atoms with Gasteiger partial charge in [-0.1, -0.05) is 6.07 Å². The molecular weight excluding hydrogens is 538 g/mol. The molecule has 0 radical (unpaired) electrons. The van der Waals surface area contributed by atoms with Gasteiger partial charge in [0.2, 0.25) is 5.88 Å².